The van der Waals surface area contributed by atoms with Crippen LogP contribution in [-0.4, -0.2) is 35.1 Å². The summed E-state index contributed by atoms with van der Waals surface area (Å²) >= 11 is 0. The fourth-order valence-corrected chi connectivity index (χ4v) is 3.14. The van der Waals surface area contributed by atoms with E-state index in [2.05, 4.69) is 15.5 Å². The van der Waals surface area contributed by atoms with Crippen LogP contribution >= 0.6 is 0 Å². The molecule has 7 nitrogen and oxygen atoms in total. The van der Waals surface area contributed by atoms with Crippen LogP contribution in [-0.2, 0) is 0 Å². The van der Waals surface area contributed by atoms with Gasteiger partial charge in [0, 0.05) is 5.69 Å². The maximum atomic E-state index is 13.0. The van der Waals surface area contributed by atoms with Crippen LogP contribution in [0.2, 0.25) is 0 Å². The molecule has 4 aromatic rings. The quantitative estimate of drug-likeness (QED) is 0.559. The van der Waals surface area contributed by atoms with E-state index < -0.39 is 0 Å². The van der Waals surface area contributed by atoms with Crippen molar-refractivity contribution in [1.29, 1.82) is 0 Å². The van der Waals surface area contributed by atoms with Gasteiger partial charge in [-0.3, -0.25) is 4.79 Å². The van der Waals surface area contributed by atoms with Crippen LogP contribution in [0.1, 0.15) is 15.9 Å². The average molecular weight is 388 g/mol. The number of hydrogen-bond acceptors (Lipinski definition) is 5. The molecular formula is C22H20N4O3. The number of carbonyl (C=O) groups excluding carboxylic acids is 1. The van der Waals surface area contributed by atoms with Gasteiger partial charge in [0.15, 0.2) is 0 Å². The largest absolute Gasteiger partial charge is 0.496 e. The van der Waals surface area contributed by atoms with Crippen molar-refractivity contribution < 1.29 is 14.3 Å². The van der Waals surface area contributed by atoms with Gasteiger partial charge in [0.2, 0.25) is 0 Å². The molecule has 0 bridgehead atoms. The van der Waals surface area contributed by atoms with Crippen LogP contribution in [0.25, 0.3) is 16.7 Å². The Morgan fingerprint density at radius 1 is 0.897 bits per heavy atom. The summed E-state index contributed by atoms with van der Waals surface area (Å²) in [5, 5.41) is 12.0. The van der Waals surface area contributed by atoms with E-state index in [9.17, 15) is 4.79 Å². The molecule has 0 saturated heterocycles. The van der Waals surface area contributed by atoms with E-state index in [4.69, 9.17) is 9.47 Å². The first-order valence-corrected chi connectivity index (χ1v) is 9.06. The molecule has 146 valence electrons. The molecule has 1 aromatic heterocycles. The Bertz CT molecular complexity index is 1160. The highest BCUT2D eigenvalue weighted by atomic mass is 16.5. The average Bonchev–Trinajstić information content (AvgIpc) is 3.16. The van der Waals surface area contributed by atoms with Crippen molar-refractivity contribution in [3.05, 3.63) is 71.8 Å². The molecule has 0 aliphatic rings. The third kappa shape index (κ3) is 3.50. The van der Waals surface area contributed by atoms with Gasteiger partial charge in [0.25, 0.3) is 5.91 Å². The third-order valence-electron chi connectivity index (χ3n) is 4.62. The zero-order valence-corrected chi connectivity index (χ0v) is 16.3. The van der Waals surface area contributed by atoms with Crippen molar-refractivity contribution in [2.24, 2.45) is 0 Å². The Hall–Kier alpha value is -3.87. The Balaban J connectivity index is 1.70. The number of amides is 1. The molecular weight excluding hydrogens is 368 g/mol. The number of methoxy groups -OCH3 is 2. The first-order valence-electron chi connectivity index (χ1n) is 9.06. The van der Waals surface area contributed by atoms with Gasteiger partial charge in [-0.2, -0.15) is 4.80 Å². The van der Waals surface area contributed by atoms with Crippen molar-refractivity contribution in [2.75, 3.05) is 19.5 Å². The zero-order valence-electron chi connectivity index (χ0n) is 16.3. The second-order valence-electron chi connectivity index (χ2n) is 6.47. The van der Waals surface area contributed by atoms with Gasteiger partial charge in [-0.25, -0.2) is 0 Å². The molecule has 1 heterocycles. The minimum atomic E-state index is -0.322. The highest BCUT2D eigenvalue weighted by Crippen LogP contribution is 2.30. The van der Waals surface area contributed by atoms with Gasteiger partial charge >= 0.3 is 0 Å². The molecule has 3 aromatic carbocycles. The molecule has 0 atom stereocenters. The smallest absolute Gasteiger partial charge is 0.263 e. The number of nitrogens with zero attached hydrogens (tertiary/aromatic N) is 3. The van der Waals surface area contributed by atoms with Crippen molar-refractivity contribution >= 4 is 22.6 Å². The summed E-state index contributed by atoms with van der Waals surface area (Å²) < 4.78 is 10.7. The maximum absolute atomic E-state index is 13.0. The summed E-state index contributed by atoms with van der Waals surface area (Å²) in [4.78, 5) is 14.6. The number of nitrogens with one attached hydrogen (secondary N) is 1. The SMILES string of the molecule is COc1cccc(OC)c1C(=O)Nc1cc2nn(-c3ccccc3)nc2cc1C. The Morgan fingerprint density at radius 3 is 2.14 bits per heavy atom. The summed E-state index contributed by atoms with van der Waals surface area (Å²) in [5.74, 6) is 0.559. The first kappa shape index (κ1) is 18.5. The number of anilines is 1. The molecule has 0 spiro atoms. The van der Waals surface area contributed by atoms with Gasteiger partial charge in [-0.1, -0.05) is 24.3 Å². The standard InChI is InChI=1S/C22H20N4O3/c1-14-12-17-18(25-26(24-17)15-8-5-4-6-9-15)13-16(14)23-22(27)21-19(28-2)10-7-11-20(21)29-3/h4-13H,1-3H3,(H,23,27). The van der Waals surface area contributed by atoms with Crippen LogP contribution in [0.3, 0.4) is 0 Å². The second kappa shape index (κ2) is 7.63. The summed E-state index contributed by atoms with van der Waals surface area (Å²) in [5.41, 5.74) is 4.16. The Kier molecular flexibility index (Phi) is 4.87. The summed E-state index contributed by atoms with van der Waals surface area (Å²) in [6.45, 7) is 1.91. The highest BCUT2D eigenvalue weighted by molar-refractivity contribution is 6.09. The maximum Gasteiger partial charge on any atom is 0.263 e. The predicted molar refractivity (Wildman–Crippen MR) is 111 cm³/mol. The lowest BCUT2D eigenvalue weighted by atomic mass is 10.1. The number of hydrogen-bond donors (Lipinski definition) is 1. The van der Waals surface area contributed by atoms with Crippen LogP contribution in [0.4, 0.5) is 5.69 Å². The van der Waals surface area contributed by atoms with E-state index in [1.165, 1.54) is 14.2 Å². The molecule has 0 aliphatic heterocycles. The van der Waals surface area contributed by atoms with E-state index in [0.717, 1.165) is 16.8 Å². The lowest BCUT2D eigenvalue weighted by Crippen LogP contribution is -2.15. The summed E-state index contributed by atoms with van der Waals surface area (Å²) in [6, 6.07) is 18.6. The number of aryl methyl sites for hydroxylation is 1. The van der Waals surface area contributed by atoms with Crippen molar-refractivity contribution in [2.45, 2.75) is 6.92 Å². The van der Waals surface area contributed by atoms with Crippen LogP contribution in [0.5, 0.6) is 11.5 Å². The summed E-state index contributed by atoms with van der Waals surface area (Å²) in [6.07, 6.45) is 0. The molecule has 0 aliphatic carbocycles. The van der Waals surface area contributed by atoms with E-state index in [1.54, 1.807) is 23.0 Å². The number of aromatic nitrogens is 3. The van der Waals surface area contributed by atoms with E-state index in [1.807, 2.05) is 49.4 Å². The molecule has 7 heteroatoms. The van der Waals surface area contributed by atoms with Gasteiger partial charge in [-0.15, -0.1) is 10.2 Å². The molecule has 0 fully saturated rings. The topological polar surface area (TPSA) is 78.3 Å². The van der Waals surface area contributed by atoms with E-state index in [0.29, 0.717) is 28.3 Å². The predicted octanol–water partition coefficient (Wildman–Crippen LogP) is 4.00. The molecule has 0 unspecified atom stereocenters. The molecule has 1 N–H and O–H groups in total. The van der Waals surface area contributed by atoms with Gasteiger partial charge in [0.05, 0.1) is 19.9 Å². The number of para-hydroxylation sites is 1. The van der Waals surface area contributed by atoms with Gasteiger partial charge in [-0.05, 0) is 48.9 Å². The minimum absolute atomic E-state index is 0.322. The number of fused-ring (bicyclic) bond motifs is 1. The highest BCUT2D eigenvalue weighted by Gasteiger charge is 2.19. The lowest BCUT2D eigenvalue weighted by Gasteiger charge is -2.14. The second-order valence-corrected chi connectivity index (χ2v) is 6.47. The molecule has 4 rings (SSSR count). The number of benzene rings is 3. The van der Waals surface area contributed by atoms with Crippen LogP contribution in [0, 0.1) is 6.92 Å². The fourth-order valence-electron chi connectivity index (χ4n) is 3.14. The Labute approximate surface area is 167 Å². The van der Waals surface area contributed by atoms with E-state index in [-0.39, 0.29) is 5.91 Å². The number of rotatable bonds is 5. The molecule has 29 heavy (non-hydrogen) atoms. The molecule has 0 radical (unpaired) electrons. The normalized spacial score (nSPS) is 10.7. The van der Waals surface area contributed by atoms with Crippen molar-refractivity contribution in [3.63, 3.8) is 0 Å². The minimum Gasteiger partial charge on any atom is -0.496 e. The van der Waals surface area contributed by atoms with E-state index >= 15 is 0 Å². The third-order valence-corrected chi connectivity index (χ3v) is 4.62. The van der Waals surface area contributed by atoms with Gasteiger partial charge < -0.3 is 14.8 Å². The van der Waals surface area contributed by atoms with Gasteiger partial charge in [0.1, 0.15) is 28.1 Å². The Morgan fingerprint density at radius 2 is 1.52 bits per heavy atom. The monoisotopic (exact) mass is 388 g/mol. The van der Waals surface area contributed by atoms with Crippen molar-refractivity contribution in [3.8, 4) is 17.2 Å². The zero-order chi connectivity index (χ0) is 20.4. The number of carbonyl (C=O) groups is 1. The summed E-state index contributed by atoms with van der Waals surface area (Å²) in [7, 11) is 3.04. The fraction of sp³-hybridized carbons (Fsp3) is 0.136. The van der Waals surface area contributed by atoms with Crippen molar-refractivity contribution in [1.82, 2.24) is 15.0 Å². The van der Waals surface area contributed by atoms with Crippen LogP contribution < -0.4 is 14.8 Å². The number of ether oxygens (including phenoxy) is 2. The molecule has 1 amide bonds. The lowest BCUT2D eigenvalue weighted by molar-refractivity contribution is 0.102. The molecule has 0 saturated carbocycles. The van der Waals surface area contributed by atoms with Crippen LogP contribution in [0.15, 0.2) is 60.7 Å². The first-order chi connectivity index (χ1) is 14.1.